The Morgan fingerprint density at radius 2 is 1.89 bits per heavy atom. The third kappa shape index (κ3) is 3.15. The van der Waals surface area contributed by atoms with Gasteiger partial charge in [0.2, 0.25) is 0 Å². The standard InChI is InChI=1S/C20H18N6O/c27-20(23-19-11-17(24-25-19)13-5-6-13)22-14-7-9-15(10-8-14)26-12-21-16-3-1-2-4-18(16)26/h1-4,7-13H,5-6H2,(H3,22,23,24,25,27). The lowest BCUT2D eigenvalue weighted by Crippen LogP contribution is -2.19. The number of H-pyrrole nitrogens is 1. The Balaban J connectivity index is 1.27. The number of hydrogen-bond donors (Lipinski definition) is 3. The Morgan fingerprint density at radius 3 is 2.70 bits per heavy atom. The Morgan fingerprint density at radius 1 is 1.07 bits per heavy atom. The number of nitrogens with zero attached hydrogens (tertiary/aromatic N) is 3. The number of para-hydroxylation sites is 2. The highest BCUT2D eigenvalue weighted by molar-refractivity contribution is 5.99. The number of amides is 2. The van der Waals surface area contributed by atoms with Gasteiger partial charge in [0.1, 0.15) is 12.1 Å². The molecule has 0 bridgehead atoms. The number of carbonyl (C=O) groups is 1. The number of aromatic amines is 1. The number of benzene rings is 2. The van der Waals surface area contributed by atoms with E-state index in [2.05, 4.69) is 25.8 Å². The molecular formula is C20H18N6O. The highest BCUT2D eigenvalue weighted by atomic mass is 16.2. The lowest BCUT2D eigenvalue weighted by Gasteiger charge is -2.08. The van der Waals surface area contributed by atoms with E-state index in [1.165, 1.54) is 12.8 Å². The maximum atomic E-state index is 12.2. The van der Waals surface area contributed by atoms with Crippen LogP contribution in [0.5, 0.6) is 0 Å². The van der Waals surface area contributed by atoms with Crippen LogP contribution >= 0.6 is 0 Å². The first-order chi connectivity index (χ1) is 13.3. The number of carbonyl (C=O) groups excluding carboxylic acids is 1. The molecule has 0 aliphatic heterocycles. The Bertz CT molecular complexity index is 1110. The predicted octanol–water partition coefficient (Wildman–Crippen LogP) is 4.27. The van der Waals surface area contributed by atoms with Crippen LogP contribution in [0.3, 0.4) is 0 Å². The fourth-order valence-corrected chi connectivity index (χ4v) is 3.14. The van der Waals surface area contributed by atoms with E-state index >= 15 is 0 Å². The summed E-state index contributed by atoms with van der Waals surface area (Å²) in [5.74, 6) is 1.16. The zero-order valence-corrected chi connectivity index (χ0v) is 14.5. The molecular weight excluding hydrogens is 340 g/mol. The molecule has 0 saturated heterocycles. The van der Waals surface area contributed by atoms with Crippen LogP contribution in [0.2, 0.25) is 0 Å². The minimum Gasteiger partial charge on any atom is -0.308 e. The molecule has 1 fully saturated rings. The first-order valence-corrected chi connectivity index (χ1v) is 8.92. The van der Waals surface area contributed by atoms with E-state index in [1.807, 2.05) is 59.2 Å². The maximum Gasteiger partial charge on any atom is 0.324 e. The van der Waals surface area contributed by atoms with E-state index in [-0.39, 0.29) is 6.03 Å². The summed E-state index contributed by atoms with van der Waals surface area (Å²) in [5.41, 5.74) is 4.70. The van der Waals surface area contributed by atoms with Gasteiger partial charge in [-0.05, 0) is 49.2 Å². The SMILES string of the molecule is O=C(Nc1ccc(-n2cnc3ccccc32)cc1)Nc1cc(C2CC2)n[nH]1. The van der Waals surface area contributed by atoms with Gasteiger partial charge in [0.25, 0.3) is 0 Å². The van der Waals surface area contributed by atoms with Crippen molar-refractivity contribution in [2.75, 3.05) is 10.6 Å². The lowest BCUT2D eigenvalue weighted by atomic mass is 10.2. The molecule has 2 aromatic carbocycles. The first kappa shape index (κ1) is 15.6. The van der Waals surface area contributed by atoms with Crippen LogP contribution in [0.1, 0.15) is 24.5 Å². The monoisotopic (exact) mass is 358 g/mol. The van der Waals surface area contributed by atoms with E-state index < -0.39 is 0 Å². The van der Waals surface area contributed by atoms with Crippen molar-refractivity contribution in [1.82, 2.24) is 19.7 Å². The zero-order valence-electron chi connectivity index (χ0n) is 14.5. The predicted molar refractivity (Wildman–Crippen MR) is 104 cm³/mol. The van der Waals surface area contributed by atoms with Crippen LogP contribution < -0.4 is 10.6 Å². The Labute approximate surface area is 155 Å². The third-order valence-corrected chi connectivity index (χ3v) is 4.70. The minimum atomic E-state index is -0.304. The fraction of sp³-hybridized carbons (Fsp3) is 0.150. The first-order valence-electron chi connectivity index (χ1n) is 8.92. The van der Waals surface area contributed by atoms with Crippen molar-refractivity contribution in [3.8, 4) is 5.69 Å². The molecule has 5 rings (SSSR count). The number of anilines is 2. The highest BCUT2D eigenvalue weighted by Crippen LogP contribution is 2.39. The van der Waals surface area contributed by atoms with Crippen LogP contribution in [0.4, 0.5) is 16.3 Å². The molecule has 7 heteroatoms. The molecule has 2 aromatic heterocycles. The molecule has 0 radical (unpaired) electrons. The van der Waals surface area contributed by atoms with Gasteiger partial charge in [-0.3, -0.25) is 15.0 Å². The largest absolute Gasteiger partial charge is 0.324 e. The van der Waals surface area contributed by atoms with Crippen LogP contribution in [-0.4, -0.2) is 25.8 Å². The smallest absolute Gasteiger partial charge is 0.308 e. The average molecular weight is 358 g/mol. The number of aromatic nitrogens is 4. The van der Waals surface area contributed by atoms with Crippen LogP contribution in [0.25, 0.3) is 16.7 Å². The third-order valence-electron chi connectivity index (χ3n) is 4.70. The lowest BCUT2D eigenvalue weighted by molar-refractivity contribution is 0.262. The van der Waals surface area contributed by atoms with E-state index in [9.17, 15) is 4.79 Å². The van der Waals surface area contributed by atoms with E-state index in [0.717, 1.165) is 22.4 Å². The van der Waals surface area contributed by atoms with Crippen LogP contribution in [0.15, 0.2) is 60.9 Å². The second kappa shape index (κ2) is 6.28. The summed E-state index contributed by atoms with van der Waals surface area (Å²) in [6, 6.07) is 17.2. The second-order valence-electron chi connectivity index (χ2n) is 6.71. The van der Waals surface area contributed by atoms with Gasteiger partial charge in [0.15, 0.2) is 0 Å². The van der Waals surface area contributed by atoms with Crippen molar-refractivity contribution in [3.63, 3.8) is 0 Å². The fourth-order valence-electron chi connectivity index (χ4n) is 3.14. The van der Waals surface area contributed by atoms with E-state index in [4.69, 9.17) is 0 Å². The van der Waals surface area contributed by atoms with Gasteiger partial charge in [0, 0.05) is 23.4 Å². The topological polar surface area (TPSA) is 87.6 Å². The van der Waals surface area contributed by atoms with E-state index in [0.29, 0.717) is 17.4 Å². The van der Waals surface area contributed by atoms with Crippen LogP contribution in [0, 0.1) is 0 Å². The summed E-state index contributed by atoms with van der Waals surface area (Å²) in [4.78, 5) is 16.6. The molecule has 2 heterocycles. The van der Waals surface area contributed by atoms with Crippen molar-refractivity contribution < 1.29 is 4.79 Å². The number of imidazole rings is 1. The summed E-state index contributed by atoms with van der Waals surface area (Å²) in [6.45, 7) is 0. The maximum absolute atomic E-state index is 12.2. The number of urea groups is 1. The van der Waals surface area contributed by atoms with Gasteiger partial charge in [-0.2, -0.15) is 5.10 Å². The van der Waals surface area contributed by atoms with E-state index in [1.54, 1.807) is 6.33 Å². The average Bonchev–Trinajstić information content (AvgIpc) is 3.28. The number of hydrogen-bond acceptors (Lipinski definition) is 3. The van der Waals surface area contributed by atoms with Crippen molar-refractivity contribution in [2.45, 2.75) is 18.8 Å². The van der Waals surface area contributed by atoms with Gasteiger partial charge in [-0.25, -0.2) is 9.78 Å². The quantitative estimate of drug-likeness (QED) is 0.509. The van der Waals surface area contributed by atoms with Crippen molar-refractivity contribution >= 4 is 28.6 Å². The van der Waals surface area contributed by atoms with Gasteiger partial charge in [0.05, 0.1) is 16.7 Å². The van der Waals surface area contributed by atoms with Gasteiger partial charge < -0.3 is 5.32 Å². The molecule has 4 aromatic rings. The van der Waals surface area contributed by atoms with Gasteiger partial charge in [-0.1, -0.05) is 12.1 Å². The molecule has 134 valence electrons. The van der Waals surface area contributed by atoms with Gasteiger partial charge >= 0.3 is 6.03 Å². The summed E-state index contributed by atoms with van der Waals surface area (Å²) in [7, 11) is 0. The van der Waals surface area contributed by atoms with Crippen molar-refractivity contribution in [1.29, 1.82) is 0 Å². The molecule has 27 heavy (non-hydrogen) atoms. The molecule has 0 atom stereocenters. The number of rotatable bonds is 4. The normalized spacial score (nSPS) is 13.6. The van der Waals surface area contributed by atoms with Crippen molar-refractivity contribution in [2.24, 2.45) is 0 Å². The molecule has 1 aliphatic carbocycles. The molecule has 3 N–H and O–H groups in total. The summed E-state index contributed by atoms with van der Waals surface area (Å²) < 4.78 is 2.02. The Hall–Kier alpha value is -3.61. The minimum absolute atomic E-state index is 0.304. The molecule has 0 unspecified atom stereocenters. The summed E-state index contributed by atoms with van der Waals surface area (Å²) in [6.07, 6.45) is 4.15. The molecule has 7 nitrogen and oxygen atoms in total. The van der Waals surface area contributed by atoms with Crippen molar-refractivity contribution in [3.05, 3.63) is 66.6 Å². The molecule has 0 spiro atoms. The zero-order chi connectivity index (χ0) is 18.2. The number of fused-ring (bicyclic) bond motifs is 1. The highest BCUT2D eigenvalue weighted by Gasteiger charge is 2.26. The second-order valence-corrected chi connectivity index (χ2v) is 6.71. The molecule has 2 amide bonds. The summed E-state index contributed by atoms with van der Waals surface area (Å²) >= 11 is 0. The molecule has 1 aliphatic rings. The number of nitrogens with one attached hydrogen (secondary N) is 3. The van der Waals surface area contributed by atoms with Gasteiger partial charge in [-0.15, -0.1) is 0 Å². The Kier molecular flexibility index (Phi) is 3.64. The summed E-state index contributed by atoms with van der Waals surface area (Å²) in [5, 5.41) is 12.7. The van der Waals surface area contributed by atoms with Crippen LogP contribution in [-0.2, 0) is 0 Å². The molecule has 1 saturated carbocycles.